The topological polar surface area (TPSA) is 17.1 Å². The predicted molar refractivity (Wildman–Crippen MR) is 59.5 cm³/mol. The molecule has 0 heterocycles. The van der Waals surface area contributed by atoms with E-state index in [2.05, 4.69) is 0 Å². The van der Waals surface area contributed by atoms with Crippen molar-refractivity contribution in [2.45, 2.75) is 25.6 Å². The van der Waals surface area contributed by atoms with Gasteiger partial charge in [0.1, 0.15) is 11.2 Å². The number of rotatable bonds is 4. The van der Waals surface area contributed by atoms with Gasteiger partial charge in [-0.1, -0.05) is 26.0 Å². The van der Waals surface area contributed by atoms with Crippen molar-refractivity contribution in [3.63, 3.8) is 0 Å². The third kappa shape index (κ3) is 3.63. The Labute approximate surface area is 94.3 Å². The molecular weight excluding hydrogens is 215 g/mol. The number of hydrogen-bond acceptors (Lipinski definition) is 1. The molecule has 0 radical (unpaired) electrons. The van der Waals surface area contributed by atoms with Gasteiger partial charge < -0.3 is 0 Å². The van der Waals surface area contributed by atoms with E-state index in [0.29, 0.717) is 17.9 Å². The first kappa shape index (κ1) is 12.2. The summed E-state index contributed by atoms with van der Waals surface area (Å²) < 4.78 is 12.6. The minimum Gasteiger partial charge on any atom is -0.298 e. The van der Waals surface area contributed by atoms with Gasteiger partial charge in [-0.3, -0.25) is 4.79 Å². The van der Waals surface area contributed by atoms with Crippen LogP contribution in [0.2, 0.25) is 0 Å². The molecule has 0 bridgehead atoms. The van der Waals surface area contributed by atoms with E-state index in [4.69, 9.17) is 11.6 Å². The molecule has 0 N–H and O–H groups in total. The quantitative estimate of drug-likeness (QED) is 0.718. The van der Waals surface area contributed by atoms with Gasteiger partial charge in [-0.15, -0.1) is 11.6 Å². The van der Waals surface area contributed by atoms with Crippen molar-refractivity contribution in [2.75, 3.05) is 0 Å². The first-order valence-electron chi connectivity index (χ1n) is 4.93. The zero-order valence-corrected chi connectivity index (χ0v) is 9.59. The fourth-order valence-electron chi connectivity index (χ4n) is 1.32. The Morgan fingerprint density at radius 1 is 1.33 bits per heavy atom. The van der Waals surface area contributed by atoms with Crippen LogP contribution in [0.1, 0.15) is 31.2 Å². The van der Waals surface area contributed by atoms with Crippen LogP contribution in [-0.2, 0) is 4.79 Å². The standard InChI is InChI=1S/C12H14ClFO/c1-8(2)7-11(15)12(13)9-3-5-10(14)6-4-9/h3-6,8,12H,7H2,1-2H3. The van der Waals surface area contributed by atoms with Crippen molar-refractivity contribution >= 4 is 17.4 Å². The molecule has 0 saturated carbocycles. The van der Waals surface area contributed by atoms with Gasteiger partial charge in [-0.05, 0) is 23.6 Å². The maximum atomic E-state index is 12.6. The van der Waals surface area contributed by atoms with E-state index < -0.39 is 5.38 Å². The van der Waals surface area contributed by atoms with E-state index in [1.165, 1.54) is 12.1 Å². The zero-order valence-electron chi connectivity index (χ0n) is 8.84. The monoisotopic (exact) mass is 228 g/mol. The lowest BCUT2D eigenvalue weighted by atomic mass is 10.0. The Hall–Kier alpha value is -0.890. The summed E-state index contributed by atoms with van der Waals surface area (Å²) in [6.45, 7) is 3.93. The maximum Gasteiger partial charge on any atom is 0.155 e. The van der Waals surface area contributed by atoms with E-state index in [-0.39, 0.29) is 11.6 Å². The minimum atomic E-state index is -0.659. The molecule has 3 heteroatoms. The van der Waals surface area contributed by atoms with Crippen molar-refractivity contribution in [1.29, 1.82) is 0 Å². The smallest absolute Gasteiger partial charge is 0.155 e. The molecular formula is C12H14ClFO. The summed E-state index contributed by atoms with van der Waals surface area (Å²) >= 11 is 5.98. The molecule has 1 nitrogen and oxygen atoms in total. The van der Waals surface area contributed by atoms with E-state index in [0.717, 1.165) is 0 Å². The summed E-state index contributed by atoms with van der Waals surface area (Å²) in [7, 11) is 0. The molecule has 0 aliphatic carbocycles. The number of ketones is 1. The van der Waals surface area contributed by atoms with Crippen molar-refractivity contribution in [3.05, 3.63) is 35.6 Å². The number of hydrogen-bond donors (Lipinski definition) is 0. The lowest BCUT2D eigenvalue weighted by Crippen LogP contribution is -2.09. The molecule has 82 valence electrons. The van der Waals surface area contributed by atoms with Crippen molar-refractivity contribution in [2.24, 2.45) is 5.92 Å². The van der Waals surface area contributed by atoms with Gasteiger partial charge >= 0.3 is 0 Å². The molecule has 0 aliphatic heterocycles. The molecule has 1 atom stereocenters. The van der Waals surface area contributed by atoms with Crippen LogP contribution in [0.4, 0.5) is 4.39 Å². The average molecular weight is 229 g/mol. The highest BCUT2D eigenvalue weighted by molar-refractivity contribution is 6.31. The average Bonchev–Trinajstić information content (AvgIpc) is 2.17. The van der Waals surface area contributed by atoms with Gasteiger partial charge in [-0.25, -0.2) is 4.39 Å². The first-order chi connectivity index (χ1) is 7.00. The molecule has 1 aromatic rings. The highest BCUT2D eigenvalue weighted by atomic mass is 35.5. The molecule has 0 aliphatic rings. The lowest BCUT2D eigenvalue weighted by molar-refractivity contribution is -0.119. The number of alkyl halides is 1. The van der Waals surface area contributed by atoms with Crippen LogP contribution in [0, 0.1) is 11.7 Å². The van der Waals surface area contributed by atoms with E-state index in [1.54, 1.807) is 12.1 Å². The van der Waals surface area contributed by atoms with Gasteiger partial charge in [0.25, 0.3) is 0 Å². The fourth-order valence-corrected chi connectivity index (χ4v) is 1.56. The lowest BCUT2D eigenvalue weighted by Gasteiger charge is -2.10. The van der Waals surface area contributed by atoms with Gasteiger partial charge in [0.2, 0.25) is 0 Å². The summed E-state index contributed by atoms with van der Waals surface area (Å²) in [5.41, 5.74) is 0.656. The first-order valence-corrected chi connectivity index (χ1v) is 5.36. The minimum absolute atomic E-state index is 0.0155. The fraction of sp³-hybridized carbons (Fsp3) is 0.417. The number of benzene rings is 1. The second-order valence-electron chi connectivity index (χ2n) is 3.98. The molecule has 0 saturated heterocycles. The summed E-state index contributed by atoms with van der Waals surface area (Å²) in [4.78, 5) is 11.6. The van der Waals surface area contributed by atoms with Crippen molar-refractivity contribution in [3.8, 4) is 0 Å². The van der Waals surface area contributed by atoms with E-state index in [9.17, 15) is 9.18 Å². The molecule has 1 aromatic carbocycles. The summed E-state index contributed by atoms with van der Waals surface area (Å²) in [6, 6.07) is 5.72. The number of halogens is 2. The molecule has 15 heavy (non-hydrogen) atoms. The number of carbonyl (C=O) groups excluding carboxylic acids is 1. The Kier molecular flexibility index (Phi) is 4.28. The van der Waals surface area contributed by atoms with E-state index in [1.807, 2.05) is 13.8 Å². The third-order valence-corrected chi connectivity index (χ3v) is 2.55. The molecule has 0 aromatic heterocycles. The van der Waals surface area contributed by atoms with Crippen molar-refractivity contribution in [1.82, 2.24) is 0 Å². The van der Waals surface area contributed by atoms with Gasteiger partial charge in [0, 0.05) is 6.42 Å². The van der Waals surface area contributed by atoms with Crippen LogP contribution in [0.3, 0.4) is 0 Å². The molecule has 1 rings (SSSR count). The van der Waals surface area contributed by atoms with Crippen LogP contribution in [0.15, 0.2) is 24.3 Å². The van der Waals surface area contributed by atoms with Crippen LogP contribution >= 0.6 is 11.6 Å². The van der Waals surface area contributed by atoms with Gasteiger partial charge in [0.15, 0.2) is 5.78 Å². The van der Waals surface area contributed by atoms with Crippen LogP contribution in [0.25, 0.3) is 0 Å². The van der Waals surface area contributed by atoms with Crippen LogP contribution in [0.5, 0.6) is 0 Å². The molecule has 0 spiro atoms. The highest BCUT2D eigenvalue weighted by Gasteiger charge is 2.18. The number of Topliss-reactive ketones (excluding diaryl/α,β-unsaturated/α-hetero) is 1. The molecule has 1 unspecified atom stereocenters. The Bertz CT molecular complexity index is 332. The summed E-state index contributed by atoms with van der Waals surface area (Å²) in [5.74, 6) is -0.0450. The van der Waals surface area contributed by atoms with Gasteiger partial charge in [0.05, 0.1) is 0 Å². The molecule has 0 fully saturated rings. The Morgan fingerprint density at radius 3 is 2.33 bits per heavy atom. The number of carbonyl (C=O) groups is 1. The summed E-state index contributed by atoms with van der Waals surface area (Å²) in [5, 5.41) is -0.659. The maximum absolute atomic E-state index is 12.6. The third-order valence-electron chi connectivity index (χ3n) is 2.05. The summed E-state index contributed by atoms with van der Waals surface area (Å²) in [6.07, 6.45) is 0.450. The van der Waals surface area contributed by atoms with E-state index >= 15 is 0 Å². The molecule has 0 amide bonds. The SMILES string of the molecule is CC(C)CC(=O)C(Cl)c1ccc(F)cc1. The predicted octanol–water partition coefficient (Wildman–Crippen LogP) is 3.72. The van der Waals surface area contributed by atoms with Crippen LogP contribution in [-0.4, -0.2) is 5.78 Å². The van der Waals surface area contributed by atoms with Gasteiger partial charge in [-0.2, -0.15) is 0 Å². The highest BCUT2D eigenvalue weighted by Crippen LogP contribution is 2.24. The van der Waals surface area contributed by atoms with Crippen molar-refractivity contribution < 1.29 is 9.18 Å². The zero-order chi connectivity index (χ0) is 11.4. The largest absolute Gasteiger partial charge is 0.298 e. The van der Waals surface area contributed by atoms with Crippen LogP contribution < -0.4 is 0 Å². The Balaban J connectivity index is 2.71. The normalized spacial score (nSPS) is 12.9. The Morgan fingerprint density at radius 2 is 1.87 bits per heavy atom. The second-order valence-corrected chi connectivity index (χ2v) is 4.41. The second kappa shape index (κ2) is 5.26.